The van der Waals surface area contributed by atoms with Crippen LogP contribution in [0, 0.1) is 12.8 Å². The molecule has 4 rings (SSSR count). The van der Waals surface area contributed by atoms with Crippen LogP contribution in [-0.2, 0) is 17.6 Å². The molecule has 1 amide bonds. The lowest BCUT2D eigenvalue weighted by atomic mass is 9.90. The zero-order valence-corrected chi connectivity index (χ0v) is 14.8. The highest BCUT2D eigenvalue weighted by molar-refractivity contribution is 7.15. The monoisotopic (exact) mass is 349 g/mol. The van der Waals surface area contributed by atoms with Crippen LogP contribution in [0.2, 0.25) is 0 Å². The number of rotatable bonds is 3. The molecule has 0 bridgehead atoms. The van der Waals surface area contributed by atoms with Crippen molar-refractivity contribution in [2.24, 2.45) is 5.92 Å². The molecule has 3 aromatic rings. The Bertz CT molecular complexity index is 904. The van der Waals surface area contributed by atoms with E-state index in [1.807, 2.05) is 49.4 Å². The molecule has 0 aliphatic heterocycles. The number of anilines is 1. The number of thiazole rings is 1. The number of pyridine rings is 1. The van der Waals surface area contributed by atoms with Gasteiger partial charge in [0.15, 0.2) is 0 Å². The molecule has 1 atom stereocenters. The normalized spacial score (nSPS) is 16.3. The molecule has 1 aromatic carbocycles. The van der Waals surface area contributed by atoms with Gasteiger partial charge in [-0.2, -0.15) is 0 Å². The quantitative estimate of drug-likeness (QED) is 0.769. The van der Waals surface area contributed by atoms with Crippen molar-refractivity contribution in [3.8, 4) is 10.7 Å². The average Bonchev–Trinajstić information content (AvgIpc) is 3.07. The minimum atomic E-state index is 0.00383. The number of carbonyl (C=O) groups excluding carboxylic acids is 1. The molecule has 0 radical (unpaired) electrons. The van der Waals surface area contributed by atoms with Crippen molar-refractivity contribution in [2.75, 3.05) is 5.32 Å². The Labute approximate surface area is 151 Å². The number of aromatic nitrogens is 2. The van der Waals surface area contributed by atoms with Crippen LogP contribution in [0.25, 0.3) is 10.7 Å². The van der Waals surface area contributed by atoms with E-state index in [0.717, 1.165) is 46.9 Å². The largest absolute Gasteiger partial charge is 0.326 e. The van der Waals surface area contributed by atoms with Gasteiger partial charge < -0.3 is 5.32 Å². The van der Waals surface area contributed by atoms with Gasteiger partial charge in [0.2, 0.25) is 5.91 Å². The van der Waals surface area contributed by atoms with E-state index in [1.54, 1.807) is 17.5 Å². The van der Waals surface area contributed by atoms with E-state index < -0.39 is 0 Å². The molecular weight excluding hydrogens is 330 g/mol. The van der Waals surface area contributed by atoms with Gasteiger partial charge in [0, 0.05) is 22.7 Å². The zero-order valence-electron chi connectivity index (χ0n) is 14.0. The first-order chi connectivity index (χ1) is 12.2. The van der Waals surface area contributed by atoms with E-state index in [1.165, 1.54) is 4.88 Å². The fourth-order valence-corrected chi connectivity index (χ4v) is 4.31. The second kappa shape index (κ2) is 6.76. The lowest BCUT2D eigenvalue weighted by molar-refractivity contribution is -0.120. The molecule has 4 nitrogen and oxygen atoms in total. The van der Waals surface area contributed by atoms with Crippen LogP contribution in [0.5, 0.6) is 0 Å². The van der Waals surface area contributed by atoms with E-state index in [-0.39, 0.29) is 11.8 Å². The lowest BCUT2D eigenvalue weighted by Gasteiger charge is -2.21. The van der Waals surface area contributed by atoms with Crippen molar-refractivity contribution in [1.82, 2.24) is 9.97 Å². The number of nitrogens with zero attached hydrogens (tertiary/aromatic N) is 2. The Morgan fingerprint density at radius 2 is 2.04 bits per heavy atom. The summed E-state index contributed by atoms with van der Waals surface area (Å²) in [6.07, 6.45) is 4.24. The van der Waals surface area contributed by atoms with Crippen LogP contribution in [0.4, 0.5) is 5.69 Å². The standard InChI is InChI=1S/C20H19N3OS/c1-13-6-2-3-7-15(13)22-19(24)14-9-10-16-18(12-14)25-20(23-16)17-8-4-5-11-21-17/h2-8,11,14H,9-10,12H2,1H3,(H,22,24). The molecule has 1 aliphatic carbocycles. The van der Waals surface area contributed by atoms with Gasteiger partial charge in [0.1, 0.15) is 5.01 Å². The molecule has 1 aliphatic rings. The third-order valence-electron chi connectivity index (χ3n) is 4.60. The van der Waals surface area contributed by atoms with Crippen LogP contribution in [0.1, 0.15) is 22.6 Å². The number of carbonyl (C=O) groups is 1. The SMILES string of the molecule is Cc1ccccc1NC(=O)C1CCc2nc(-c3ccccn3)sc2C1. The fraction of sp³-hybridized carbons (Fsp3) is 0.250. The first-order valence-corrected chi connectivity index (χ1v) is 9.29. The Kier molecular flexibility index (Phi) is 4.32. The van der Waals surface area contributed by atoms with Crippen LogP contribution in [0.3, 0.4) is 0 Å². The maximum absolute atomic E-state index is 12.7. The summed E-state index contributed by atoms with van der Waals surface area (Å²) in [7, 11) is 0. The van der Waals surface area contributed by atoms with Crippen LogP contribution < -0.4 is 5.32 Å². The molecule has 0 saturated heterocycles. The van der Waals surface area contributed by atoms with E-state index in [0.29, 0.717) is 0 Å². The lowest BCUT2D eigenvalue weighted by Crippen LogP contribution is -2.28. The zero-order chi connectivity index (χ0) is 17.2. The van der Waals surface area contributed by atoms with Crippen molar-refractivity contribution >= 4 is 22.9 Å². The van der Waals surface area contributed by atoms with Crippen molar-refractivity contribution < 1.29 is 4.79 Å². The first-order valence-electron chi connectivity index (χ1n) is 8.47. The summed E-state index contributed by atoms with van der Waals surface area (Å²) < 4.78 is 0. The predicted molar refractivity (Wildman–Crippen MR) is 101 cm³/mol. The van der Waals surface area contributed by atoms with Crippen molar-refractivity contribution in [2.45, 2.75) is 26.2 Å². The van der Waals surface area contributed by atoms with Gasteiger partial charge >= 0.3 is 0 Å². The third kappa shape index (κ3) is 3.33. The number of para-hydroxylation sites is 1. The first kappa shape index (κ1) is 16.0. The molecular formula is C20H19N3OS. The van der Waals surface area contributed by atoms with Gasteiger partial charge in [0.05, 0.1) is 11.4 Å². The van der Waals surface area contributed by atoms with Crippen molar-refractivity contribution in [3.63, 3.8) is 0 Å². The highest BCUT2D eigenvalue weighted by Gasteiger charge is 2.28. The highest BCUT2D eigenvalue weighted by atomic mass is 32.1. The molecule has 25 heavy (non-hydrogen) atoms. The number of benzene rings is 1. The molecule has 1 unspecified atom stereocenters. The Morgan fingerprint density at radius 3 is 2.84 bits per heavy atom. The van der Waals surface area contributed by atoms with Crippen molar-refractivity contribution in [1.29, 1.82) is 0 Å². The molecule has 2 heterocycles. The van der Waals surface area contributed by atoms with Gasteiger partial charge in [-0.25, -0.2) is 4.98 Å². The Hall–Kier alpha value is -2.53. The van der Waals surface area contributed by atoms with Crippen LogP contribution in [0.15, 0.2) is 48.7 Å². The third-order valence-corrected chi connectivity index (χ3v) is 5.74. The van der Waals surface area contributed by atoms with Gasteiger partial charge in [-0.1, -0.05) is 24.3 Å². The van der Waals surface area contributed by atoms with E-state index in [4.69, 9.17) is 4.98 Å². The Morgan fingerprint density at radius 1 is 1.20 bits per heavy atom. The van der Waals surface area contributed by atoms with E-state index >= 15 is 0 Å². The summed E-state index contributed by atoms with van der Waals surface area (Å²) in [5.74, 6) is 0.108. The number of nitrogens with one attached hydrogen (secondary N) is 1. The average molecular weight is 349 g/mol. The molecule has 2 aromatic heterocycles. The number of fused-ring (bicyclic) bond motifs is 1. The minimum absolute atomic E-state index is 0.00383. The van der Waals surface area contributed by atoms with Crippen molar-refractivity contribution in [3.05, 3.63) is 64.8 Å². The summed E-state index contributed by atoms with van der Waals surface area (Å²) in [5.41, 5.74) is 4.02. The molecule has 0 saturated carbocycles. The predicted octanol–water partition coefficient (Wildman–Crippen LogP) is 4.26. The maximum Gasteiger partial charge on any atom is 0.227 e. The summed E-state index contributed by atoms with van der Waals surface area (Å²) >= 11 is 1.67. The van der Waals surface area contributed by atoms with E-state index in [9.17, 15) is 4.79 Å². The fourth-order valence-electron chi connectivity index (χ4n) is 3.15. The molecule has 0 fully saturated rings. The summed E-state index contributed by atoms with van der Waals surface area (Å²) in [6, 6.07) is 13.7. The highest BCUT2D eigenvalue weighted by Crippen LogP contribution is 2.34. The summed E-state index contributed by atoms with van der Waals surface area (Å²) in [4.78, 5) is 23.0. The molecule has 0 spiro atoms. The minimum Gasteiger partial charge on any atom is -0.326 e. The van der Waals surface area contributed by atoms with Crippen LogP contribution in [-0.4, -0.2) is 15.9 Å². The second-order valence-corrected chi connectivity index (χ2v) is 7.43. The molecule has 5 heteroatoms. The number of aryl methyl sites for hydroxylation is 2. The van der Waals surface area contributed by atoms with Gasteiger partial charge in [-0.15, -0.1) is 11.3 Å². The Balaban J connectivity index is 1.50. The summed E-state index contributed by atoms with van der Waals surface area (Å²) in [6.45, 7) is 2.01. The van der Waals surface area contributed by atoms with Gasteiger partial charge in [-0.05, 0) is 49.9 Å². The second-order valence-electron chi connectivity index (χ2n) is 6.35. The smallest absolute Gasteiger partial charge is 0.227 e. The summed E-state index contributed by atoms with van der Waals surface area (Å²) in [5, 5.41) is 4.03. The molecule has 126 valence electrons. The topological polar surface area (TPSA) is 54.9 Å². The van der Waals surface area contributed by atoms with Gasteiger partial charge in [0.25, 0.3) is 0 Å². The van der Waals surface area contributed by atoms with Gasteiger partial charge in [-0.3, -0.25) is 9.78 Å². The number of amides is 1. The number of hydrogen-bond acceptors (Lipinski definition) is 4. The number of hydrogen-bond donors (Lipinski definition) is 1. The maximum atomic E-state index is 12.7. The van der Waals surface area contributed by atoms with E-state index in [2.05, 4.69) is 10.3 Å². The van der Waals surface area contributed by atoms with Crippen LogP contribution >= 0.6 is 11.3 Å². The molecule has 1 N–H and O–H groups in total.